The second kappa shape index (κ2) is 18.0. The topological polar surface area (TPSA) is 239 Å². The predicted molar refractivity (Wildman–Crippen MR) is 152 cm³/mol. The van der Waals surface area contributed by atoms with Gasteiger partial charge in [0, 0.05) is 49.9 Å². The van der Waals surface area contributed by atoms with Crippen LogP contribution in [0.15, 0.2) is 61.2 Å². The molecule has 3 heterocycles. The Bertz CT molecular complexity index is 1480. The number of nitrogens with two attached hydrogens (primary N) is 1. The molecule has 228 valence electrons. The summed E-state index contributed by atoms with van der Waals surface area (Å²) in [6, 6.07) is 15.0. The van der Waals surface area contributed by atoms with Crippen LogP contribution in [-0.4, -0.2) is 69.7 Å². The minimum absolute atomic E-state index is 0.00125. The number of aromatic nitrogens is 8. The van der Waals surface area contributed by atoms with Crippen molar-refractivity contribution in [3.8, 4) is 22.8 Å². The summed E-state index contributed by atoms with van der Waals surface area (Å²) in [5.41, 5.74) is 9.16. The lowest BCUT2D eigenvalue weighted by Gasteiger charge is -2.06. The number of aliphatic carboxylic acids is 1. The largest absolute Gasteiger partial charge is 0.481 e. The van der Waals surface area contributed by atoms with Crippen molar-refractivity contribution < 1.29 is 29.0 Å². The van der Waals surface area contributed by atoms with E-state index < -0.39 is 5.97 Å². The van der Waals surface area contributed by atoms with E-state index in [0.717, 1.165) is 22.3 Å². The SMILES string of the molecule is NCc1ccc(-c2nncnn2)cc1.O=C(O)CCCC(=O)NCc1ccc(-c2nncnn2)cc1.O=C1CCCC(=O)O1. The summed E-state index contributed by atoms with van der Waals surface area (Å²) < 4.78 is 4.21. The maximum atomic E-state index is 11.5. The lowest BCUT2D eigenvalue weighted by molar-refractivity contribution is -0.163. The number of carboxylic acids is 1. The normalized spacial score (nSPS) is 12.0. The number of carbonyl (C=O) groups is 4. The van der Waals surface area contributed by atoms with Crippen molar-refractivity contribution in [1.29, 1.82) is 0 Å². The van der Waals surface area contributed by atoms with Gasteiger partial charge in [0.2, 0.25) is 17.6 Å². The summed E-state index contributed by atoms with van der Waals surface area (Å²) in [5.74, 6) is -0.869. The number of benzene rings is 2. The van der Waals surface area contributed by atoms with Crippen LogP contribution in [-0.2, 0) is 37.0 Å². The van der Waals surface area contributed by atoms with E-state index in [1.54, 1.807) is 0 Å². The van der Waals surface area contributed by atoms with Gasteiger partial charge in [-0.3, -0.25) is 19.2 Å². The molecule has 0 saturated carbocycles. The van der Waals surface area contributed by atoms with Gasteiger partial charge in [-0.1, -0.05) is 48.5 Å². The van der Waals surface area contributed by atoms with E-state index in [9.17, 15) is 19.2 Å². The average molecular weight is 603 g/mol. The highest BCUT2D eigenvalue weighted by atomic mass is 16.6. The van der Waals surface area contributed by atoms with Crippen LogP contribution in [0.2, 0.25) is 0 Å². The third-order valence-electron chi connectivity index (χ3n) is 5.75. The van der Waals surface area contributed by atoms with Gasteiger partial charge >= 0.3 is 17.9 Å². The fourth-order valence-electron chi connectivity index (χ4n) is 3.50. The van der Waals surface area contributed by atoms with Gasteiger partial charge < -0.3 is 20.9 Å². The van der Waals surface area contributed by atoms with Crippen LogP contribution in [0.4, 0.5) is 0 Å². The molecule has 1 amide bonds. The van der Waals surface area contributed by atoms with Crippen LogP contribution in [0.1, 0.15) is 49.7 Å². The van der Waals surface area contributed by atoms with Crippen molar-refractivity contribution in [2.75, 3.05) is 0 Å². The smallest absolute Gasteiger partial charge is 0.313 e. The molecule has 2 aromatic carbocycles. The van der Waals surface area contributed by atoms with Crippen LogP contribution in [0.5, 0.6) is 0 Å². The molecule has 0 atom stereocenters. The summed E-state index contributed by atoms with van der Waals surface area (Å²) in [5, 5.41) is 41.3. The Morgan fingerprint density at radius 1 is 0.750 bits per heavy atom. The van der Waals surface area contributed by atoms with Crippen molar-refractivity contribution in [2.24, 2.45) is 5.73 Å². The Morgan fingerprint density at radius 2 is 1.23 bits per heavy atom. The van der Waals surface area contributed by atoms with Gasteiger partial charge in [-0.25, -0.2) is 0 Å². The number of hydrogen-bond acceptors (Lipinski definition) is 14. The summed E-state index contributed by atoms with van der Waals surface area (Å²) in [7, 11) is 0. The maximum Gasteiger partial charge on any atom is 0.313 e. The molecule has 1 saturated heterocycles. The first kappa shape index (κ1) is 32.9. The van der Waals surface area contributed by atoms with Crippen LogP contribution in [0, 0.1) is 0 Å². The predicted octanol–water partition coefficient (Wildman–Crippen LogP) is 1.44. The molecule has 1 aliphatic rings. The number of nitrogens with one attached hydrogen (secondary N) is 1. The monoisotopic (exact) mass is 602 g/mol. The number of carbonyl (C=O) groups excluding carboxylic acids is 3. The molecular formula is C28H30N10O6. The molecule has 44 heavy (non-hydrogen) atoms. The molecule has 1 aliphatic heterocycles. The molecule has 4 N–H and O–H groups in total. The number of cyclic esters (lactones) is 2. The zero-order valence-corrected chi connectivity index (χ0v) is 23.6. The molecule has 0 radical (unpaired) electrons. The molecule has 4 aromatic rings. The van der Waals surface area contributed by atoms with Gasteiger partial charge in [0.25, 0.3) is 0 Å². The van der Waals surface area contributed by atoms with E-state index in [-0.39, 0.29) is 30.7 Å². The van der Waals surface area contributed by atoms with Crippen molar-refractivity contribution in [3.05, 3.63) is 72.3 Å². The number of ether oxygens (including phenoxy) is 1. The van der Waals surface area contributed by atoms with Gasteiger partial charge in [-0.15, -0.1) is 40.8 Å². The van der Waals surface area contributed by atoms with Crippen molar-refractivity contribution in [1.82, 2.24) is 46.1 Å². The number of rotatable bonds is 9. The second-order valence-electron chi connectivity index (χ2n) is 9.06. The van der Waals surface area contributed by atoms with Crippen LogP contribution >= 0.6 is 0 Å². The highest BCUT2D eigenvalue weighted by Gasteiger charge is 2.16. The Kier molecular flexibility index (Phi) is 13.5. The van der Waals surface area contributed by atoms with E-state index in [1.165, 1.54) is 12.7 Å². The molecule has 0 spiro atoms. The van der Waals surface area contributed by atoms with Gasteiger partial charge in [0.05, 0.1) is 0 Å². The Morgan fingerprint density at radius 3 is 1.64 bits per heavy atom. The van der Waals surface area contributed by atoms with Crippen LogP contribution in [0.25, 0.3) is 22.8 Å². The third kappa shape index (κ3) is 12.1. The lowest BCUT2D eigenvalue weighted by Crippen LogP contribution is -2.22. The molecule has 0 aliphatic carbocycles. The number of nitrogens with zero attached hydrogens (tertiary/aromatic N) is 8. The van der Waals surface area contributed by atoms with Gasteiger partial charge in [-0.2, -0.15) is 0 Å². The lowest BCUT2D eigenvalue weighted by atomic mass is 10.1. The van der Waals surface area contributed by atoms with E-state index in [4.69, 9.17) is 10.8 Å². The summed E-state index contributed by atoms with van der Waals surface area (Å²) in [6.45, 7) is 0.921. The molecule has 5 rings (SSSR count). The quantitative estimate of drug-likeness (QED) is 0.181. The van der Waals surface area contributed by atoms with Crippen LogP contribution in [0.3, 0.4) is 0 Å². The fourth-order valence-corrected chi connectivity index (χ4v) is 3.50. The molecule has 16 heteroatoms. The first-order valence-corrected chi connectivity index (χ1v) is 13.5. The van der Waals surface area contributed by atoms with Crippen molar-refractivity contribution in [3.63, 3.8) is 0 Å². The molecule has 0 bridgehead atoms. The third-order valence-corrected chi connectivity index (χ3v) is 5.75. The Hall–Kier alpha value is -5.64. The van der Waals surface area contributed by atoms with E-state index in [0.29, 0.717) is 50.4 Å². The standard InChI is InChI=1S/C14H15N5O3.C9H9N5.C5H6O3/c20-12(2-1-3-13(21)22)15-8-10-4-6-11(7-5-10)14-18-16-9-17-19-14;10-5-7-1-3-8(4-2-7)9-13-11-6-12-14-9;6-4-2-1-3-5(7)8-4/h4-7,9H,1-3,8H2,(H,15,20)(H,21,22);1-4,6H,5,10H2;1-3H2. The minimum Gasteiger partial charge on any atom is -0.481 e. The Balaban J connectivity index is 0.000000203. The molecule has 0 unspecified atom stereocenters. The zero-order chi connectivity index (χ0) is 31.6. The summed E-state index contributed by atoms with van der Waals surface area (Å²) in [4.78, 5) is 42.4. The number of hydrogen-bond donors (Lipinski definition) is 3. The first-order valence-electron chi connectivity index (χ1n) is 13.5. The molecule has 1 fully saturated rings. The Labute approximate surface area is 251 Å². The van der Waals surface area contributed by atoms with Crippen molar-refractivity contribution >= 4 is 23.8 Å². The van der Waals surface area contributed by atoms with Gasteiger partial charge in [0.1, 0.15) is 0 Å². The first-order chi connectivity index (χ1) is 21.3. The van der Waals surface area contributed by atoms with Gasteiger partial charge in [-0.05, 0) is 24.0 Å². The van der Waals surface area contributed by atoms with Crippen molar-refractivity contribution in [2.45, 2.75) is 51.6 Å². The van der Waals surface area contributed by atoms with E-state index in [1.807, 2.05) is 48.5 Å². The maximum absolute atomic E-state index is 11.5. The fraction of sp³-hybridized carbons (Fsp3) is 0.286. The van der Waals surface area contributed by atoms with Crippen LogP contribution < -0.4 is 11.1 Å². The van der Waals surface area contributed by atoms with E-state index in [2.05, 4.69) is 50.8 Å². The van der Waals surface area contributed by atoms with Gasteiger partial charge in [0.15, 0.2) is 12.7 Å². The zero-order valence-electron chi connectivity index (χ0n) is 23.6. The molecular weight excluding hydrogens is 572 g/mol. The average Bonchev–Trinajstić information content (AvgIpc) is 3.05. The number of esters is 2. The molecule has 16 nitrogen and oxygen atoms in total. The summed E-state index contributed by atoms with van der Waals surface area (Å²) in [6.07, 6.45) is 4.55. The summed E-state index contributed by atoms with van der Waals surface area (Å²) >= 11 is 0. The number of amides is 1. The highest BCUT2D eigenvalue weighted by molar-refractivity contribution is 5.87. The van der Waals surface area contributed by atoms with E-state index >= 15 is 0 Å². The number of carboxylic acid groups (broad SMARTS) is 1. The minimum atomic E-state index is -0.893. The highest BCUT2D eigenvalue weighted by Crippen LogP contribution is 2.14. The molecule has 2 aromatic heterocycles. The second-order valence-corrected chi connectivity index (χ2v) is 9.06.